The van der Waals surface area contributed by atoms with E-state index in [1.54, 1.807) is 23.1 Å². The minimum absolute atomic E-state index is 0.105. The summed E-state index contributed by atoms with van der Waals surface area (Å²) in [4.78, 5) is 13.7. The van der Waals surface area contributed by atoms with Gasteiger partial charge in [0.1, 0.15) is 12.6 Å². The molecule has 0 amide bonds. The number of nitrogens with one attached hydrogen (secondary N) is 1. The quantitative estimate of drug-likeness (QED) is 0.867. The lowest BCUT2D eigenvalue weighted by Gasteiger charge is -2.37. The summed E-state index contributed by atoms with van der Waals surface area (Å²) in [5.74, 6) is -0.329. The maximum atomic E-state index is 12.2. The molecule has 0 spiro atoms. The van der Waals surface area contributed by atoms with Gasteiger partial charge in [0, 0.05) is 0 Å². The first-order valence-corrected chi connectivity index (χ1v) is 8.18. The fourth-order valence-electron chi connectivity index (χ4n) is 3.24. The third-order valence-electron chi connectivity index (χ3n) is 4.47. The molecule has 21 heavy (non-hydrogen) atoms. The SMILES string of the molecule is C[C@@H]1CCC[C@@H](C)[NH+]1C[C@H](C)OC(=O)c1ccccc1Cl. The minimum atomic E-state index is -0.329. The number of quaternary nitrogens is 1. The molecular weight excluding hydrogens is 286 g/mol. The molecule has 116 valence electrons. The first-order chi connectivity index (χ1) is 9.99. The molecule has 1 aliphatic rings. The van der Waals surface area contributed by atoms with Crippen LogP contribution in [0.1, 0.15) is 50.4 Å². The van der Waals surface area contributed by atoms with E-state index < -0.39 is 0 Å². The van der Waals surface area contributed by atoms with Crippen LogP contribution in [0.2, 0.25) is 5.02 Å². The Morgan fingerprint density at radius 3 is 2.57 bits per heavy atom. The summed E-state index contributed by atoms with van der Waals surface area (Å²) in [7, 11) is 0. The maximum absolute atomic E-state index is 12.2. The van der Waals surface area contributed by atoms with E-state index in [1.165, 1.54) is 19.3 Å². The van der Waals surface area contributed by atoms with Crippen molar-refractivity contribution in [3.05, 3.63) is 34.9 Å². The van der Waals surface area contributed by atoms with Crippen LogP contribution in [0.25, 0.3) is 0 Å². The first kappa shape index (κ1) is 16.3. The molecule has 1 aromatic rings. The summed E-state index contributed by atoms with van der Waals surface area (Å²) in [5, 5.41) is 0.446. The average Bonchev–Trinajstić information content (AvgIpc) is 2.43. The van der Waals surface area contributed by atoms with E-state index in [1.807, 2.05) is 13.0 Å². The molecule has 1 aromatic carbocycles. The zero-order valence-electron chi connectivity index (χ0n) is 13.1. The molecule has 0 bridgehead atoms. The zero-order chi connectivity index (χ0) is 15.4. The number of carbonyl (C=O) groups is 1. The van der Waals surface area contributed by atoms with Crippen LogP contribution in [0.3, 0.4) is 0 Å². The molecule has 0 radical (unpaired) electrons. The molecule has 2 rings (SSSR count). The summed E-state index contributed by atoms with van der Waals surface area (Å²) in [6.07, 6.45) is 3.71. The topological polar surface area (TPSA) is 30.7 Å². The normalized spacial score (nSPS) is 24.6. The molecule has 3 atom stereocenters. The highest BCUT2D eigenvalue weighted by Gasteiger charge is 2.30. The highest BCUT2D eigenvalue weighted by molar-refractivity contribution is 6.33. The van der Waals surface area contributed by atoms with Crippen molar-refractivity contribution < 1.29 is 14.4 Å². The van der Waals surface area contributed by atoms with Crippen LogP contribution in [-0.4, -0.2) is 30.7 Å². The van der Waals surface area contributed by atoms with Crippen molar-refractivity contribution in [3.8, 4) is 0 Å². The monoisotopic (exact) mass is 310 g/mol. The van der Waals surface area contributed by atoms with Gasteiger partial charge in [-0.05, 0) is 52.2 Å². The molecule has 0 saturated carbocycles. The first-order valence-electron chi connectivity index (χ1n) is 7.80. The second-order valence-electron chi connectivity index (χ2n) is 6.21. The molecule has 1 N–H and O–H groups in total. The van der Waals surface area contributed by atoms with Gasteiger partial charge in [0.05, 0.1) is 22.7 Å². The van der Waals surface area contributed by atoms with Crippen molar-refractivity contribution in [2.75, 3.05) is 6.54 Å². The Bertz CT molecular complexity index is 481. The average molecular weight is 311 g/mol. The predicted molar refractivity (Wildman–Crippen MR) is 84.9 cm³/mol. The molecule has 1 aliphatic heterocycles. The van der Waals surface area contributed by atoms with Gasteiger partial charge in [-0.2, -0.15) is 0 Å². The molecule has 0 aliphatic carbocycles. The van der Waals surface area contributed by atoms with Crippen molar-refractivity contribution in [3.63, 3.8) is 0 Å². The van der Waals surface area contributed by atoms with E-state index in [0.29, 0.717) is 22.7 Å². The zero-order valence-corrected chi connectivity index (χ0v) is 13.8. The predicted octanol–water partition coefficient (Wildman–Crippen LogP) is 2.73. The van der Waals surface area contributed by atoms with Gasteiger partial charge >= 0.3 is 5.97 Å². The number of hydrogen-bond donors (Lipinski definition) is 1. The number of halogens is 1. The van der Waals surface area contributed by atoms with E-state index in [4.69, 9.17) is 16.3 Å². The number of piperidine rings is 1. The van der Waals surface area contributed by atoms with Gasteiger partial charge in [-0.3, -0.25) is 0 Å². The van der Waals surface area contributed by atoms with E-state index >= 15 is 0 Å². The van der Waals surface area contributed by atoms with E-state index in [9.17, 15) is 4.79 Å². The number of ether oxygens (including phenoxy) is 1. The van der Waals surface area contributed by atoms with E-state index in [2.05, 4.69) is 13.8 Å². The fraction of sp³-hybridized carbons (Fsp3) is 0.588. The number of benzene rings is 1. The number of carbonyl (C=O) groups excluding carboxylic acids is 1. The highest BCUT2D eigenvalue weighted by atomic mass is 35.5. The Morgan fingerprint density at radius 1 is 1.33 bits per heavy atom. The summed E-state index contributed by atoms with van der Waals surface area (Å²) in [5.41, 5.74) is 0.445. The van der Waals surface area contributed by atoms with Crippen LogP contribution >= 0.6 is 11.6 Å². The van der Waals surface area contributed by atoms with Crippen LogP contribution in [0.15, 0.2) is 24.3 Å². The van der Waals surface area contributed by atoms with Crippen molar-refractivity contribution in [2.24, 2.45) is 0 Å². The van der Waals surface area contributed by atoms with Gasteiger partial charge in [-0.15, -0.1) is 0 Å². The highest BCUT2D eigenvalue weighted by Crippen LogP contribution is 2.16. The molecule has 4 heteroatoms. The Morgan fingerprint density at radius 2 is 1.95 bits per heavy atom. The van der Waals surface area contributed by atoms with Gasteiger partial charge < -0.3 is 9.64 Å². The summed E-state index contributed by atoms with van der Waals surface area (Å²) in [6, 6.07) is 8.29. The summed E-state index contributed by atoms with van der Waals surface area (Å²) < 4.78 is 5.57. The van der Waals surface area contributed by atoms with E-state index in [-0.39, 0.29) is 12.1 Å². The van der Waals surface area contributed by atoms with Crippen LogP contribution in [0, 0.1) is 0 Å². The number of rotatable bonds is 4. The standard InChI is InChI=1S/C17H24ClNO2/c1-12-7-6-8-13(2)19(12)11-14(3)21-17(20)15-9-4-5-10-16(15)18/h4-5,9-10,12-14H,6-8,11H2,1-3H3/p+1/t12-,13-,14+/m1/s1. The summed E-state index contributed by atoms with van der Waals surface area (Å²) in [6.45, 7) is 7.40. The molecule has 1 fully saturated rings. The van der Waals surface area contributed by atoms with Crippen LogP contribution in [-0.2, 0) is 4.74 Å². The molecule has 3 nitrogen and oxygen atoms in total. The molecule has 1 heterocycles. The third-order valence-corrected chi connectivity index (χ3v) is 4.79. The lowest BCUT2D eigenvalue weighted by molar-refractivity contribution is -0.953. The minimum Gasteiger partial charge on any atom is -0.453 e. The van der Waals surface area contributed by atoms with Crippen molar-refractivity contribution >= 4 is 17.6 Å². The number of esters is 1. The van der Waals surface area contributed by atoms with Crippen molar-refractivity contribution in [1.82, 2.24) is 0 Å². The molecule has 0 unspecified atom stereocenters. The lowest BCUT2D eigenvalue weighted by Crippen LogP contribution is -3.20. The van der Waals surface area contributed by atoms with Gasteiger partial charge in [0.15, 0.2) is 0 Å². The smallest absolute Gasteiger partial charge is 0.340 e. The Labute approximate surface area is 132 Å². The maximum Gasteiger partial charge on any atom is 0.340 e. The van der Waals surface area contributed by atoms with Crippen molar-refractivity contribution in [1.29, 1.82) is 0 Å². The molecular formula is C17H25ClNO2+. The second kappa shape index (κ2) is 7.28. The molecule has 1 saturated heterocycles. The van der Waals surface area contributed by atoms with Gasteiger partial charge in [-0.25, -0.2) is 4.79 Å². The van der Waals surface area contributed by atoms with Crippen LogP contribution < -0.4 is 4.90 Å². The van der Waals surface area contributed by atoms with Gasteiger partial charge in [0.2, 0.25) is 0 Å². The van der Waals surface area contributed by atoms with Crippen LogP contribution in [0.4, 0.5) is 0 Å². The van der Waals surface area contributed by atoms with Gasteiger partial charge in [-0.1, -0.05) is 23.7 Å². The Balaban J connectivity index is 1.93. The fourth-order valence-corrected chi connectivity index (χ4v) is 3.45. The second-order valence-corrected chi connectivity index (χ2v) is 6.62. The largest absolute Gasteiger partial charge is 0.453 e. The van der Waals surface area contributed by atoms with Crippen molar-refractivity contribution in [2.45, 2.75) is 58.2 Å². The third kappa shape index (κ3) is 4.21. The number of hydrogen-bond acceptors (Lipinski definition) is 2. The van der Waals surface area contributed by atoms with Gasteiger partial charge in [0.25, 0.3) is 0 Å². The molecule has 0 aromatic heterocycles. The lowest BCUT2D eigenvalue weighted by atomic mass is 9.97. The van der Waals surface area contributed by atoms with E-state index in [0.717, 1.165) is 6.54 Å². The van der Waals surface area contributed by atoms with Crippen LogP contribution in [0.5, 0.6) is 0 Å². The Kier molecular flexibility index (Phi) is 5.65. The number of likely N-dealkylation sites (tertiary alicyclic amines) is 1. The summed E-state index contributed by atoms with van der Waals surface area (Å²) >= 11 is 6.03. The Hall–Kier alpha value is -1.06.